The molecule has 0 radical (unpaired) electrons. The Kier molecular flexibility index (Phi) is 7.64. The van der Waals surface area contributed by atoms with Gasteiger partial charge in [-0.05, 0) is 25.5 Å². The van der Waals surface area contributed by atoms with E-state index in [1.807, 2.05) is 35.2 Å². The molecule has 0 aromatic heterocycles. The lowest BCUT2D eigenvalue weighted by atomic mass is 9.99. The topological polar surface area (TPSA) is 108 Å². The number of nitrogens with zero attached hydrogens (tertiary/aromatic N) is 2. The summed E-state index contributed by atoms with van der Waals surface area (Å²) < 4.78 is 16.2. The van der Waals surface area contributed by atoms with Crippen molar-refractivity contribution in [1.29, 1.82) is 0 Å². The number of nitro benzene ring substituents is 1. The highest BCUT2D eigenvalue weighted by Crippen LogP contribution is 2.38. The lowest BCUT2D eigenvalue weighted by Crippen LogP contribution is -2.43. The van der Waals surface area contributed by atoms with E-state index in [9.17, 15) is 19.7 Å². The zero-order valence-electron chi connectivity index (χ0n) is 18.1. The van der Waals surface area contributed by atoms with Crippen molar-refractivity contribution >= 4 is 23.3 Å². The maximum Gasteiger partial charge on any atom is 0.320 e. The summed E-state index contributed by atoms with van der Waals surface area (Å²) in [5, 5.41) is 11.3. The molecule has 0 saturated carbocycles. The van der Waals surface area contributed by atoms with Crippen LogP contribution in [-0.2, 0) is 25.6 Å². The van der Waals surface area contributed by atoms with Gasteiger partial charge >= 0.3 is 11.9 Å². The molecule has 0 spiro atoms. The van der Waals surface area contributed by atoms with E-state index in [0.29, 0.717) is 24.5 Å². The fraction of sp³-hybridized carbons (Fsp3) is 0.391. The van der Waals surface area contributed by atoms with E-state index in [2.05, 4.69) is 0 Å². The zero-order valence-corrected chi connectivity index (χ0v) is 18.1. The third kappa shape index (κ3) is 5.54. The monoisotopic (exact) mass is 442 g/mol. The molecule has 0 fully saturated rings. The van der Waals surface area contributed by atoms with Crippen LogP contribution in [0.15, 0.2) is 48.5 Å². The van der Waals surface area contributed by atoms with Crippen molar-refractivity contribution in [3.63, 3.8) is 0 Å². The molecule has 170 valence electrons. The molecule has 1 atom stereocenters. The van der Waals surface area contributed by atoms with Crippen LogP contribution in [0.5, 0.6) is 5.75 Å². The SMILES string of the molecule is CCOC(=O)C(CC1CN(Cc2ccccc2)c2cc([N+](=O)[O-])ccc2O1)C(=O)OCC. The number of ether oxygens (including phenoxy) is 3. The highest BCUT2D eigenvalue weighted by Gasteiger charge is 2.36. The molecular weight excluding hydrogens is 416 g/mol. The van der Waals surface area contributed by atoms with E-state index in [1.54, 1.807) is 19.9 Å². The number of rotatable bonds is 9. The summed E-state index contributed by atoms with van der Waals surface area (Å²) in [6.07, 6.45) is -0.453. The van der Waals surface area contributed by atoms with Crippen molar-refractivity contribution in [3.05, 3.63) is 64.2 Å². The predicted molar refractivity (Wildman–Crippen MR) is 116 cm³/mol. The van der Waals surface area contributed by atoms with Crippen molar-refractivity contribution in [1.82, 2.24) is 0 Å². The number of benzene rings is 2. The average molecular weight is 442 g/mol. The lowest BCUT2D eigenvalue weighted by Gasteiger charge is -2.37. The Bertz CT molecular complexity index is 946. The number of carbonyl (C=O) groups excluding carboxylic acids is 2. The van der Waals surface area contributed by atoms with Crippen LogP contribution >= 0.6 is 0 Å². The van der Waals surface area contributed by atoms with Crippen LogP contribution in [0.25, 0.3) is 0 Å². The third-order valence-corrected chi connectivity index (χ3v) is 5.07. The Hall–Kier alpha value is -3.62. The van der Waals surface area contributed by atoms with Gasteiger partial charge in [-0.1, -0.05) is 30.3 Å². The Morgan fingerprint density at radius 3 is 2.38 bits per heavy atom. The second-order valence-electron chi connectivity index (χ2n) is 7.31. The molecule has 0 aliphatic carbocycles. The van der Waals surface area contributed by atoms with Crippen LogP contribution in [0, 0.1) is 16.0 Å². The number of carbonyl (C=O) groups is 2. The van der Waals surface area contributed by atoms with Gasteiger partial charge in [0.2, 0.25) is 0 Å². The van der Waals surface area contributed by atoms with Crippen molar-refractivity contribution in [2.45, 2.75) is 32.9 Å². The van der Waals surface area contributed by atoms with Crippen LogP contribution in [0.4, 0.5) is 11.4 Å². The predicted octanol–water partition coefficient (Wildman–Crippen LogP) is 3.49. The molecular formula is C23H26N2O7. The molecule has 9 heteroatoms. The van der Waals surface area contributed by atoms with E-state index in [4.69, 9.17) is 14.2 Å². The van der Waals surface area contributed by atoms with Gasteiger partial charge in [-0.25, -0.2) is 0 Å². The highest BCUT2D eigenvalue weighted by molar-refractivity contribution is 5.95. The van der Waals surface area contributed by atoms with E-state index in [-0.39, 0.29) is 25.3 Å². The Balaban J connectivity index is 1.88. The maximum absolute atomic E-state index is 12.4. The van der Waals surface area contributed by atoms with Gasteiger partial charge in [-0.2, -0.15) is 0 Å². The first kappa shape index (κ1) is 23.1. The van der Waals surface area contributed by atoms with Crippen molar-refractivity contribution in [3.8, 4) is 5.75 Å². The molecule has 1 heterocycles. The Morgan fingerprint density at radius 2 is 1.78 bits per heavy atom. The van der Waals surface area contributed by atoms with Gasteiger partial charge in [-0.3, -0.25) is 19.7 Å². The smallest absolute Gasteiger partial charge is 0.320 e. The molecule has 0 amide bonds. The Morgan fingerprint density at radius 1 is 1.12 bits per heavy atom. The van der Waals surface area contributed by atoms with Gasteiger partial charge in [-0.15, -0.1) is 0 Å². The number of non-ortho nitro benzene ring substituents is 1. The van der Waals surface area contributed by atoms with Crippen LogP contribution in [0.3, 0.4) is 0 Å². The number of esters is 2. The molecule has 32 heavy (non-hydrogen) atoms. The number of nitro groups is 1. The number of anilines is 1. The standard InChI is InChI=1S/C23H26N2O7/c1-3-30-22(26)19(23(27)31-4-2)13-18-15-24(14-16-8-6-5-7-9-16)20-12-17(25(28)29)10-11-21(20)32-18/h5-12,18-19H,3-4,13-15H2,1-2H3. The third-order valence-electron chi connectivity index (χ3n) is 5.07. The quantitative estimate of drug-likeness (QED) is 0.251. The second-order valence-corrected chi connectivity index (χ2v) is 7.31. The van der Waals surface area contributed by atoms with E-state index >= 15 is 0 Å². The number of hydrogen-bond acceptors (Lipinski definition) is 8. The van der Waals surface area contributed by atoms with Crippen molar-refractivity contribution in [2.75, 3.05) is 24.7 Å². The fourth-order valence-corrected chi connectivity index (χ4v) is 3.64. The van der Waals surface area contributed by atoms with E-state index in [0.717, 1.165) is 5.56 Å². The largest absolute Gasteiger partial charge is 0.486 e. The average Bonchev–Trinajstić information content (AvgIpc) is 2.78. The molecule has 2 aromatic rings. The summed E-state index contributed by atoms with van der Waals surface area (Å²) in [5.74, 6) is -1.97. The van der Waals surface area contributed by atoms with Gasteiger partial charge in [0.1, 0.15) is 11.9 Å². The zero-order chi connectivity index (χ0) is 23.1. The van der Waals surface area contributed by atoms with Crippen molar-refractivity contribution in [2.24, 2.45) is 5.92 Å². The van der Waals surface area contributed by atoms with Crippen LogP contribution < -0.4 is 9.64 Å². The van der Waals surface area contributed by atoms with Gasteiger partial charge in [0, 0.05) is 25.1 Å². The summed E-state index contributed by atoms with van der Waals surface area (Å²) in [5.41, 5.74) is 1.56. The minimum absolute atomic E-state index is 0.0419. The summed E-state index contributed by atoms with van der Waals surface area (Å²) in [7, 11) is 0. The summed E-state index contributed by atoms with van der Waals surface area (Å²) >= 11 is 0. The molecule has 9 nitrogen and oxygen atoms in total. The molecule has 0 N–H and O–H groups in total. The first-order valence-corrected chi connectivity index (χ1v) is 10.5. The molecule has 0 saturated heterocycles. The van der Waals surface area contributed by atoms with Gasteiger partial charge in [0.05, 0.1) is 30.4 Å². The van der Waals surface area contributed by atoms with Crippen LogP contribution in [-0.4, -0.2) is 42.7 Å². The first-order chi connectivity index (χ1) is 15.4. The van der Waals surface area contributed by atoms with E-state index in [1.165, 1.54) is 12.1 Å². The Labute approximate surface area is 186 Å². The molecule has 1 aliphatic rings. The molecule has 1 aliphatic heterocycles. The van der Waals surface area contributed by atoms with Gasteiger partial charge in [0.25, 0.3) is 5.69 Å². The number of fused-ring (bicyclic) bond motifs is 1. The first-order valence-electron chi connectivity index (χ1n) is 10.5. The summed E-state index contributed by atoms with van der Waals surface area (Å²) in [4.78, 5) is 37.6. The molecule has 1 unspecified atom stereocenters. The minimum atomic E-state index is -1.11. The maximum atomic E-state index is 12.4. The summed E-state index contributed by atoms with van der Waals surface area (Å²) in [6, 6.07) is 14.1. The van der Waals surface area contributed by atoms with Gasteiger partial charge < -0.3 is 19.1 Å². The van der Waals surface area contributed by atoms with Crippen LogP contribution in [0.2, 0.25) is 0 Å². The van der Waals surface area contributed by atoms with E-state index < -0.39 is 28.9 Å². The van der Waals surface area contributed by atoms with Crippen LogP contribution in [0.1, 0.15) is 25.8 Å². The highest BCUT2D eigenvalue weighted by atomic mass is 16.6. The summed E-state index contributed by atoms with van der Waals surface area (Å²) in [6.45, 7) is 4.44. The molecule has 3 rings (SSSR count). The molecule has 2 aromatic carbocycles. The lowest BCUT2D eigenvalue weighted by molar-refractivity contribution is -0.384. The minimum Gasteiger partial charge on any atom is -0.486 e. The fourth-order valence-electron chi connectivity index (χ4n) is 3.64. The van der Waals surface area contributed by atoms with Gasteiger partial charge in [0.15, 0.2) is 5.92 Å². The van der Waals surface area contributed by atoms with Crippen molar-refractivity contribution < 1.29 is 28.7 Å². The normalized spacial score (nSPS) is 15.0. The second kappa shape index (κ2) is 10.6. The number of hydrogen-bond donors (Lipinski definition) is 0. The molecule has 0 bridgehead atoms.